The normalized spacial score (nSPS) is 30.3. The highest BCUT2D eigenvalue weighted by molar-refractivity contribution is 7.91. The zero-order chi connectivity index (χ0) is 38.6. The van der Waals surface area contributed by atoms with Crippen molar-refractivity contribution >= 4 is 44.9 Å². The number of benzene rings is 1. The monoisotopic (exact) mass is 766 g/mol. The van der Waals surface area contributed by atoms with Crippen molar-refractivity contribution in [1.29, 1.82) is 0 Å². The van der Waals surface area contributed by atoms with Crippen molar-refractivity contribution in [2.75, 3.05) is 13.7 Å². The van der Waals surface area contributed by atoms with Crippen molar-refractivity contribution in [2.24, 2.45) is 17.3 Å². The van der Waals surface area contributed by atoms with Crippen molar-refractivity contribution in [3.63, 3.8) is 0 Å². The van der Waals surface area contributed by atoms with Crippen LogP contribution in [0.5, 0.6) is 11.6 Å². The fraction of sp³-hybridized carbons (Fsp3) is 0.632. The third-order valence-corrected chi connectivity index (χ3v) is 13.1. The van der Waals surface area contributed by atoms with Gasteiger partial charge in [0.05, 0.1) is 29.9 Å². The lowest BCUT2D eigenvalue weighted by Crippen LogP contribution is -2.60. The molecule has 4 amide bonds. The molecule has 0 unspecified atom stereocenters. The predicted molar refractivity (Wildman–Crippen MR) is 197 cm³/mol. The number of carbonyl (C=O) groups excluding carboxylic acids is 4. The van der Waals surface area contributed by atoms with E-state index in [1.807, 2.05) is 32.9 Å². The fourth-order valence-electron chi connectivity index (χ4n) is 7.64. The van der Waals surface area contributed by atoms with Crippen molar-refractivity contribution in [1.82, 2.24) is 30.2 Å². The molecule has 7 rings (SSSR count). The molecule has 2 aromatic rings. The van der Waals surface area contributed by atoms with Gasteiger partial charge in [0.2, 0.25) is 27.7 Å². The Labute approximate surface area is 315 Å². The van der Waals surface area contributed by atoms with E-state index in [0.717, 1.165) is 32.1 Å². The molecule has 7 atom stereocenters. The average Bonchev–Trinajstić information content (AvgIpc) is 4.04. The highest BCUT2D eigenvalue weighted by Crippen LogP contribution is 2.46. The summed E-state index contributed by atoms with van der Waals surface area (Å²) in [5.41, 5.74) is -0.451. The van der Waals surface area contributed by atoms with Crippen LogP contribution >= 0.6 is 0 Å². The lowest BCUT2D eigenvalue weighted by molar-refractivity contribution is -0.142. The summed E-state index contributed by atoms with van der Waals surface area (Å²) in [6, 6.07) is 3.20. The molecule has 5 aliphatic rings. The van der Waals surface area contributed by atoms with E-state index >= 15 is 0 Å². The summed E-state index contributed by atoms with van der Waals surface area (Å²) in [6.07, 6.45) is 5.93. The van der Waals surface area contributed by atoms with Gasteiger partial charge < -0.3 is 29.7 Å². The van der Waals surface area contributed by atoms with E-state index in [1.165, 1.54) is 11.0 Å². The summed E-state index contributed by atoms with van der Waals surface area (Å²) >= 11 is 0. The van der Waals surface area contributed by atoms with Crippen molar-refractivity contribution in [2.45, 2.75) is 120 Å². The topological polar surface area (TPSA) is 195 Å². The minimum atomic E-state index is -3.90. The molecule has 292 valence electrons. The van der Waals surface area contributed by atoms with E-state index in [0.29, 0.717) is 47.6 Å². The summed E-state index contributed by atoms with van der Waals surface area (Å²) in [6.45, 7) is 9.18. The Kier molecular flexibility index (Phi) is 10.0. The van der Waals surface area contributed by atoms with Crippen LogP contribution in [-0.2, 0) is 35.6 Å². The zero-order valence-electron chi connectivity index (χ0n) is 31.3. The van der Waals surface area contributed by atoms with Gasteiger partial charge in [-0.2, -0.15) is 0 Å². The number of ether oxygens (including phenoxy) is 3. The molecule has 2 aliphatic heterocycles. The molecular formula is C38H50N6O9S. The van der Waals surface area contributed by atoms with Crippen LogP contribution in [-0.4, -0.2) is 95.8 Å². The molecule has 3 saturated carbocycles. The van der Waals surface area contributed by atoms with Crippen LogP contribution in [0.25, 0.3) is 11.0 Å². The number of amides is 4. The molecule has 0 spiro atoms. The Hall–Kier alpha value is -4.47. The van der Waals surface area contributed by atoms with Gasteiger partial charge in [0.25, 0.3) is 5.91 Å². The number of aromatic nitrogens is 2. The van der Waals surface area contributed by atoms with Gasteiger partial charge in [-0.1, -0.05) is 39.7 Å². The van der Waals surface area contributed by atoms with Crippen LogP contribution in [0.2, 0.25) is 0 Å². The Balaban J connectivity index is 1.22. The maximum Gasteiger partial charge on any atom is 0.408 e. The molecule has 3 N–H and O–H groups in total. The molecule has 1 aromatic carbocycles. The summed E-state index contributed by atoms with van der Waals surface area (Å²) in [5, 5.41) is 4.96. The minimum absolute atomic E-state index is 0.0245. The Morgan fingerprint density at radius 3 is 2.54 bits per heavy atom. The highest BCUT2D eigenvalue weighted by Gasteiger charge is 2.62. The molecule has 3 heterocycles. The summed E-state index contributed by atoms with van der Waals surface area (Å²) < 4.78 is 45.3. The molecule has 54 heavy (non-hydrogen) atoms. The standard InChI is InChI=1S/C38H50N6O9S/c1-6-22-19-38(22,35(47)43-54(49,50)25-13-14-25)42-32(45)29-18-24-20-44(29)34(46)31(37(2,3)4)41-36(48)53-30-16-21(30)10-8-7-9-11-27-33(52-24)40-28-17-23(51-5)12-15-26(28)39-27/h6,12,15,17,21-22,24-25,29-31H,1,7-11,13-14,16,18-20H2,2-5H3,(H,41,48)(H,42,45)(H,43,47)/t21-,22-,24+,29+,30-,31-,38-/m1/s1. The van der Waals surface area contributed by atoms with E-state index in [1.54, 1.807) is 13.2 Å². The van der Waals surface area contributed by atoms with E-state index in [9.17, 15) is 27.6 Å². The molecule has 15 nitrogen and oxygen atoms in total. The van der Waals surface area contributed by atoms with Crippen LogP contribution < -0.4 is 24.8 Å². The molecular weight excluding hydrogens is 717 g/mol. The molecule has 1 aromatic heterocycles. The van der Waals surface area contributed by atoms with Gasteiger partial charge in [-0.15, -0.1) is 6.58 Å². The number of alkyl carbamates (subject to hydrolysis) is 1. The maximum atomic E-state index is 14.6. The first-order chi connectivity index (χ1) is 25.6. The Morgan fingerprint density at radius 2 is 1.85 bits per heavy atom. The SMILES string of the molecule is C=C[C@@H]1C[C@]1(NC(=O)[C@@H]1C[C@H]2CN1C(=O)[C@H](C(C)(C)C)NC(=O)O[C@@H]1C[C@H]1CCCCCc1nc3ccc(OC)cc3nc1O2)C(=O)NS(=O)(=O)C1CC1. The van der Waals surface area contributed by atoms with E-state index in [4.69, 9.17) is 24.2 Å². The van der Waals surface area contributed by atoms with Crippen LogP contribution in [0.15, 0.2) is 30.9 Å². The number of hydrogen-bond donors (Lipinski definition) is 3. The van der Waals surface area contributed by atoms with Crippen LogP contribution in [0.1, 0.15) is 84.3 Å². The third-order valence-electron chi connectivity index (χ3n) is 11.3. The summed E-state index contributed by atoms with van der Waals surface area (Å²) in [5.74, 6) is -1.39. The molecule has 3 aliphatic carbocycles. The number of rotatable bonds is 7. The first-order valence-electron chi connectivity index (χ1n) is 18.9. The second-order valence-corrected chi connectivity index (χ2v) is 18.4. The Bertz CT molecular complexity index is 1960. The number of nitrogens with zero attached hydrogens (tertiary/aromatic N) is 3. The van der Waals surface area contributed by atoms with Crippen LogP contribution in [0, 0.1) is 17.3 Å². The maximum absolute atomic E-state index is 14.6. The van der Waals surface area contributed by atoms with Crippen LogP contribution in [0.3, 0.4) is 0 Å². The van der Waals surface area contributed by atoms with Gasteiger partial charge in [0.15, 0.2) is 0 Å². The van der Waals surface area contributed by atoms with E-state index in [-0.39, 0.29) is 31.4 Å². The third kappa shape index (κ3) is 7.85. The van der Waals surface area contributed by atoms with Gasteiger partial charge in [-0.25, -0.2) is 23.2 Å². The van der Waals surface area contributed by atoms with E-state index < -0.39 is 74.1 Å². The largest absolute Gasteiger partial charge is 0.497 e. The number of nitrogens with one attached hydrogen (secondary N) is 3. The average molecular weight is 767 g/mol. The second-order valence-electron chi connectivity index (χ2n) is 16.5. The molecule has 1 saturated heterocycles. The molecule has 0 radical (unpaired) electrons. The predicted octanol–water partition coefficient (Wildman–Crippen LogP) is 3.30. The van der Waals surface area contributed by atoms with Gasteiger partial charge in [-0.05, 0) is 68.4 Å². The molecule has 4 fully saturated rings. The van der Waals surface area contributed by atoms with Gasteiger partial charge in [0.1, 0.15) is 41.3 Å². The number of carbonyl (C=O) groups is 4. The number of fused-ring (bicyclic) bond motifs is 5. The first-order valence-corrected chi connectivity index (χ1v) is 20.5. The zero-order valence-corrected chi connectivity index (χ0v) is 32.1. The molecule has 16 heteroatoms. The van der Waals surface area contributed by atoms with Crippen molar-refractivity contribution < 1.29 is 41.8 Å². The summed E-state index contributed by atoms with van der Waals surface area (Å²) in [4.78, 5) is 66.8. The van der Waals surface area contributed by atoms with Gasteiger partial charge in [-0.3, -0.25) is 19.1 Å². The minimum Gasteiger partial charge on any atom is -0.497 e. The van der Waals surface area contributed by atoms with Crippen LogP contribution in [0.4, 0.5) is 4.79 Å². The lowest BCUT2D eigenvalue weighted by Gasteiger charge is -2.35. The smallest absolute Gasteiger partial charge is 0.408 e. The lowest BCUT2D eigenvalue weighted by atomic mass is 9.85. The van der Waals surface area contributed by atoms with Gasteiger partial charge in [0, 0.05) is 18.4 Å². The number of aryl methyl sites for hydroxylation is 1. The molecule has 2 bridgehead atoms. The van der Waals surface area contributed by atoms with Crippen molar-refractivity contribution in [3.05, 3.63) is 36.5 Å². The fourth-order valence-corrected chi connectivity index (χ4v) is 9.00. The number of methoxy groups -OCH3 is 1. The number of hydrogen-bond acceptors (Lipinski definition) is 11. The second kappa shape index (κ2) is 14.3. The van der Waals surface area contributed by atoms with Gasteiger partial charge >= 0.3 is 6.09 Å². The van der Waals surface area contributed by atoms with E-state index in [2.05, 4.69) is 21.9 Å². The quantitative estimate of drug-likeness (QED) is 0.350. The van der Waals surface area contributed by atoms with Crippen molar-refractivity contribution in [3.8, 4) is 11.6 Å². The first kappa shape index (κ1) is 37.8. The number of sulfonamides is 1. The highest BCUT2D eigenvalue weighted by atomic mass is 32.2. The Morgan fingerprint density at radius 1 is 1.07 bits per heavy atom. The summed E-state index contributed by atoms with van der Waals surface area (Å²) in [7, 11) is -2.33.